The highest BCUT2D eigenvalue weighted by Crippen LogP contribution is 2.08. The van der Waals surface area contributed by atoms with Crippen molar-refractivity contribution in [2.45, 2.75) is 0 Å². The van der Waals surface area contributed by atoms with Crippen molar-refractivity contribution in [2.24, 2.45) is 5.84 Å². The largest absolute Gasteiger partial charge is 0.303 e. The van der Waals surface area contributed by atoms with Gasteiger partial charge < -0.3 is 5.01 Å². The van der Waals surface area contributed by atoms with Crippen LogP contribution in [0.1, 0.15) is 0 Å². The van der Waals surface area contributed by atoms with Gasteiger partial charge in [-0.15, -0.1) is 0 Å². The van der Waals surface area contributed by atoms with E-state index in [-0.39, 0.29) is 12.8 Å². The van der Waals surface area contributed by atoms with E-state index in [1.807, 2.05) is 6.07 Å². The molecule has 68 valence electrons. The average Bonchev–Trinajstić information content (AvgIpc) is 2.19. The molecule has 0 saturated carbocycles. The molecular formula is C9H10N2O2. The Morgan fingerprint density at radius 2 is 2.00 bits per heavy atom. The summed E-state index contributed by atoms with van der Waals surface area (Å²) in [6.45, 7) is -0.0898. The number of anilines is 1. The van der Waals surface area contributed by atoms with Crippen molar-refractivity contribution in [3.63, 3.8) is 0 Å². The second kappa shape index (κ2) is 4.37. The number of hydrogen-bond acceptors (Lipinski definition) is 4. The predicted octanol–water partition coefficient (Wildman–Crippen LogP) is 0.135. The topological polar surface area (TPSA) is 63.4 Å². The lowest BCUT2D eigenvalue weighted by molar-refractivity contribution is -0.128. The van der Waals surface area contributed by atoms with Crippen LogP contribution in [0.2, 0.25) is 0 Å². The normalized spacial score (nSPS) is 9.31. The maximum atomic E-state index is 10.7. The van der Waals surface area contributed by atoms with Crippen LogP contribution in [0.15, 0.2) is 30.3 Å². The number of nitrogens with zero attached hydrogens (tertiary/aromatic N) is 1. The summed E-state index contributed by atoms with van der Waals surface area (Å²) in [6, 6.07) is 8.98. The average molecular weight is 178 g/mol. The van der Waals surface area contributed by atoms with Crippen molar-refractivity contribution in [3.05, 3.63) is 30.3 Å². The van der Waals surface area contributed by atoms with Crippen LogP contribution in [0.5, 0.6) is 0 Å². The lowest BCUT2D eigenvalue weighted by Gasteiger charge is -2.15. The van der Waals surface area contributed by atoms with Crippen molar-refractivity contribution in [3.8, 4) is 0 Å². The summed E-state index contributed by atoms with van der Waals surface area (Å²) in [6.07, 6.45) is 0.267. The van der Waals surface area contributed by atoms with E-state index in [1.165, 1.54) is 5.01 Å². The third-order valence-electron chi connectivity index (χ3n) is 1.55. The SMILES string of the molecule is NN(CC(=O)C=O)c1ccccc1. The standard InChI is InChI=1S/C9H10N2O2/c10-11(6-9(13)7-12)8-4-2-1-3-5-8/h1-5,7H,6,10H2. The predicted molar refractivity (Wildman–Crippen MR) is 49.0 cm³/mol. The van der Waals surface area contributed by atoms with Gasteiger partial charge in [-0.2, -0.15) is 0 Å². The first-order valence-corrected chi connectivity index (χ1v) is 3.79. The first-order valence-electron chi connectivity index (χ1n) is 3.79. The zero-order chi connectivity index (χ0) is 9.68. The first kappa shape index (κ1) is 9.41. The summed E-state index contributed by atoms with van der Waals surface area (Å²) < 4.78 is 0. The molecule has 1 aromatic rings. The molecule has 0 atom stereocenters. The van der Waals surface area contributed by atoms with Crippen LogP contribution in [0.25, 0.3) is 0 Å². The van der Waals surface area contributed by atoms with Gasteiger partial charge in [-0.1, -0.05) is 18.2 Å². The number of carbonyl (C=O) groups excluding carboxylic acids is 2. The number of hydrazine groups is 1. The van der Waals surface area contributed by atoms with Gasteiger partial charge in [0.1, 0.15) is 6.54 Å². The molecule has 0 fully saturated rings. The minimum atomic E-state index is -0.536. The smallest absolute Gasteiger partial charge is 0.215 e. The molecule has 2 N–H and O–H groups in total. The molecule has 1 aromatic carbocycles. The summed E-state index contributed by atoms with van der Waals surface area (Å²) in [5.74, 6) is 4.99. The monoisotopic (exact) mass is 178 g/mol. The van der Waals surface area contributed by atoms with E-state index in [9.17, 15) is 9.59 Å². The minimum Gasteiger partial charge on any atom is -0.303 e. The van der Waals surface area contributed by atoms with Gasteiger partial charge in [0.25, 0.3) is 0 Å². The number of hydrogen-bond donors (Lipinski definition) is 1. The number of carbonyl (C=O) groups is 2. The molecule has 1 rings (SSSR count). The van der Waals surface area contributed by atoms with Gasteiger partial charge in [0.2, 0.25) is 5.78 Å². The Balaban J connectivity index is 2.63. The molecule has 0 aliphatic rings. The van der Waals surface area contributed by atoms with Crippen LogP contribution in [0.4, 0.5) is 5.69 Å². The van der Waals surface area contributed by atoms with E-state index in [2.05, 4.69) is 0 Å². The van der Waals surface area contributed by atoms with Crippen molar-refractivity contribution < 1.29 is 9.59 Å². The third-order valence-corrected chi connectivity index (χ3v) is 1.55. The Kier molecular flexibility index (Phi) is 3.16. The van der Waals surface area contributed by atoms with Crippen LogP contribution in [-0.4, -0.2) is 18.6 Å². The number of para-hydroxylation sites is 1. The van der Waals surface area contributed by atoms with Crippen LogP contribution >= 0.6 is 0 Å². The van der Waals surface area contributed by atoms with Crippen molar-refractivity contribution in [2.75, 3.05) is 11.6 Å². The second-order valence-electron chi connectivity index (χ2n) is 2.55. The second-order valence-corrected chi connectivity index (χ2v) is 2.55. The van der Waals surface area contributed by atoms with Gasteiger partial charge in [0, 0.05) is 0 Å². The number of rotatable bonds is 4. The highest BCUT2D eigenvalue weighted by Gasteiger charge is 2.05. The lowest BCUT2D eigenvalue weighted by Crippen LogP contribution is -2.36. The fraction of sp³-hybridized carbons (Fsp3) is 0.111. The number of benzene rings is 1. The maximum Gasteiger partial charge on any atom is 0.215 e. The molecular weight excluding hydrogens is 168 g/mol. The molecule has 4 heteroatoms. The van der Waals surface area contributed by atoms with Crippen LogP contribution < -0.4 is 10.9 Å². The van der Waals surface area contributed by atoms with E-state index in [0.717, 1.165) is 0 Å². The van der Waals surface area contributed by atoms with E-state index < -0.39 is 5.78 Å². The number of Topliss-reactive ketones (excluding diaryl/α,β-unsaturated/α-hetero) is 1. The zero-order valence-electron chi connectivity index (χ0n) is 7.01. The molecule has 0 aliphatic carbocycles. The first-order chi connectivity index (χ1) is 6.24. The Bertz CT molecular complexity index is 298. The van der Waals surface area contributed by atoms with Gasteiger partial charge in [-0.25, -0.2) is 5.84 Å². The lowest BCUT2D eigenvalue weighted by atomic mass is 10.3. The van der Waals surface area contributed by atoms with E-state index in [0.29, 0.717) is 5.69 Å². The Hall–Kier alpha value is -1.68. The van der Waals surface area contributed by atoms with Crippen molar-refractivity contribution >= 4 is 17.8 Å². The Morgan fingerprint density at radius 1 is 1.38 bits per heavy atom. The highest BCUT2D eigenvalue weighted by molar-refractivity contribution is 6.26. The molecule has 0 amide bonds. The van der Waals surface area contributed by atoms with Gasteiger partial charge >= 0.3 is 0 Å². The molecule has 4 nitrogen and oxygen atoms in total. The van der Waals surface area contributed by atoms with Crippen LogP contribution in [0.3, 0.4) is 0 Å². The van der Waals surface area contributed by atoms with Crippen LogP contribution in [-0.2, 0) is 9.59 Å². The molecule has 0 aromatic heterocycles. The molecule has 0 saturated heterocycles. The molecule has 0 aliphatic heterocycles. The number of ketones is 1. The fourth-order valence-electron chi connectivity index (χ4n) is 0.916. The molecule has 0 spiro atoms. The molecule has 0 heterocycles. The van der Waals surface area contributed by atoms with Gasteiger partial charge in [-0.3, -0.25) is 9.59 Å². The molecule has 0 radical (unpaired) electrons. The third kappa shape index (κ3) is 2.68. The van der Waals surface area contributed by atoms with E-state index in [1.54, 1.807) is 24.3 Å². The highest BCUT2D eigenvalue weighted by atomic mass is 16.2. The van der Waals surface area contributed by atoms with E-state index >= 15 is 0 Å². The van der Waals surface area contributed by atoms with Crippen molar-refractivity contribution in [1.82, 2.24) is 0 Å². The number of nitrogens with two attached hydrogens (primary N) is 1. The summed E-state index contributed by atoms with van der Waals surface area (Å²) in [4.78, 5) is 20.7. The number of aldehydes is 1. The van der Waals surface area contributed by atoms with Crippen LogP contribution in [0, 0.1) is 0 Å². The van der Waals surface area contributed by atoms with E-state index in [4.69, 9.17) is 5.84 Å². The Morgan fingerprint density at radius 3 is 2.54 bits per heavy atom. The van der Waals surface area contributed by atoms with Gasteiger partial charge in [0.15, 0.2) is 6.29 Å². The minimum absolute atomic E-state index is 0.0898. The molecule has 0 unspecified atom stereocenters. The Labute approximate surface area is 75.9 Å². The quantitative estimate of drug-likeness (QED) is 0.308. The van der Waals surface area contributed by atoms with Crippen molar-refractivity contribution in [1.29, 1.82) is 0 Å². The summed E-state index contributed by atoms with van der Waals surface area (Å²) in [7, 11) is 0. The zero-order valence-corrected chi connectivity index (χ0v) is 7.01. The summed E-state index contributed by atoms with van der Waals surface area (Å²) in [5, 5.41) is 1.23. The van der Waals surface area contributed by atoms with Gasteiger partial charge in [-0.05, 0) is 12.1 Å². The molecule has 0 bridgehead atoms. The fourth-order valence-corrected chi connectivity index (χ4v) is 0.916. The summed E-state index contributed by atoms with van der Waals surface area (Å²) in [5.41, 5.74) is 0.706. The maximum absolute atomic E-state index is 10.7. The molecule has 13 heavy (non-hydrogen) atoms. The van der Waals surface area contributed by atoms with Gasteiger partial charge in [0.05, 0.1) is 5.69 Å². The summed E-state index contributed by atoms with van der Waals surface area (Å²) >= 11 is 0.